The Morgan fingerprint density at radius 2 is 1.00 bits per heavy atom. The van der Waals surface area contributed by atoms with Crippen molar-refractivity contribution in [1.29, 1.82) is 0 Å². The van der Waals surface area contributed by atoms with Crippen LogP contribution in [0, 0.1) is 6.92 Å². The molecule has 3 aromatic heterocycles. The van der Waals surface area contributed by atoms with Crippen LogP contribution in [0.4, 0.5) is 0 Å². The molecule has 408 valence electrons. The number of carbonyl (C=O) groups is 3. The maximum atomic E-state index is 13.1. The first-order valence-corrected chi connectivity index (χ1v) is 25.9. The summed E-state index contributed by atoms with van der Waals surface area (Å²) in [6.45, 7) is 8.96. The fourth-order valence-corrected chi connectivity index (χ4v) is 9.76. The second-order valence-corrected chi connectivity index (χ2v) is 17.6. The number of rotatable bonds is 13. The normalized spacial score (nSPS) is 11.7. The number of carbonyl (C=O) groups excluding carboxylic acids is 3. The number of halogens is 1. The minimum Gasteiger partial charge on any atom is -0.507 e. The van der Waals surface area contributed by atoms with Crippen LogP contribution in [0.2, 0.25) is 0 Å². The van der Waals surface area contributed by atoms with Gasteiger partial charge < -0.3 is 28.8 Å². The fraction of sp³-hybridized carbons (Fsp3) is 0.238. The quantitative estimate of drug-likeness (QED) is 0.0825. The Hall–Kier alpha value is -8.31. The van der Waals surface area contributed by atoms with Gasteiger partial charge in [0.25, 0.3) is 0 Å². The van der Waals surface area contributed by atoms with E-state index in [4.69, 9.17) is 28.8 Å². The molecule has 3 aliphatic carbocycles. The smallest absolute Gasteiger partial charge is 0.198 e. The lowest BCUT2D eigenvalue weighted by molar-refractivity contribution is 0.0309. The van der Waals surface area contributed by atoms with E-state index in [1.54, 1.807) is 31.0 Å². The predicted molar refractivity (Wildman–Crippen MR) is 312 cm³/mol. The van der Waals surface area contributed by atoms with E-state index in [0.29, 0.717) is 84.4 Å². The minimum atomic E-state index is -0.180. The summed E-state index contributed by atoms with van der Waals surface area (Å²) in [6, 6.07) is 43.5. The summed E-state index contributed by atoms with van der Waals surface area (Å²) in [4.78, 5) is 38.8. The van der Waals surface area contributed by atoms with Gasteiger partial charge in [-0.15, -0.1) is 11.6 Å². The van der Waals surface area contributed by atoms with E-state index in [-0.39, 0.29) is 44.7 Å². The molecule has 10 aromatic rings. The molecule has 0 spiro atoms. The highest BCUT2D eigenvalue weighted by atomic mass is 35.5. The number of nitrogens with zero attached hydrogens (tertiary/aromatic N) is 5. The first kappa shape index (κ1) is 58.4. The highest BCUT2D eigenvalue weighted by Gasteiger charge is 2.33. The lowest BCUT2D eigenvalue weighted by atomic mass is 9.85. The number of methoxy groups -OCH3 is 2. The Bertz CT molecular complexity index is 3630. The summed E-state index contributed by atoms with van der Waals surface area (Å²) in [6.07, 6.45) is 1.47. The van der Waals surface area contributed by atoms with Crippen molar-refractivity contribution in [3.05, 3.63) is 184 Å². The lowest BCUT2D eigenvalue weighted by Gasteiger charge is -2.18. The molecule has 0 bridgehead atoms. The molecule has 0 unspecified atom stereocenters. The van der Waals surface area contributed by atoms with Gasteiger partial charge in [0.1, 0.15) is 43.0 Å². The van der Waals surface area contributed by atoms with E-state index in [2.05, 4.69) is 26.9 Å². The second kappa shape index (κ2) is 26.4. The molecule has 13 rings (SSSR count). The van der Waals surface area contributed by atoms with Crippen LogP contribution in [0.25, 0.3) is 66.5 Å². The number of aromatic nitrogens is 6. The van der Waals surface area contributed by atoms with Gasteiger partial charge in [-0.1, -0.05) is 138 Å². The molecule has 0 aliphatic heterocycles. The SMILES string of the molecule is C.C.CC.CCl.COCCOCn1nc2c3c(c(C)ccc31)C(=O)c1ccccc1-2.COCCOCn1nc2c3c(c(O)ccc31)C(=O)c1ccccc1-2.O=C1c2ccccc2-c2[nH]nc3ccc(OCc4ccccc4)c1c23. The largest absolute Gasteiger partial charge is 0.507 e. The van der Waals surface area contributed by atoms with Crippen LogP contribution in [0.3, 0.4) is 0 Å². The van der Waals surface area contributed by atoms with Gasteiger partial charge in [-0.05, 0) is 48.4 Å². The lowest BCUT2D eigenvalue weighted by Crippen LogP contribution is -2.11. The Balaban J connectivity index is 0.000000164. The van der Waals surface area contributed by atoms with Gasteiger partial charge in [0, 0.05) is 75.7 Å². The molecule has 7 aromatic carbocycles. The highest BCUT2D eigenvalue weighted by Crippen LogP contribution is 2.44. The van der Waals surface area contributed by atoms with E-state index in [0.717, 1.165) is 72.1 Å². The minimum absolute atomic E-state index is 0. The topological polar surface area (TPSA) is 182 Å². The number of benzene rings is 7. The third-order valence-corrected chi connectivity index (χ3v) is 13.2. The van der Waals surface area contributed by atoms with E-state index >= 15 is 0 Å². The molecular formula is C63H65ClN6O9. The fourth-order valence-electron chi connectivity index (χ4n) is 9.76. The van der Waals surface area contributed by atoms with Crippen LogP contribution >= 0.6 is 11.6 Å². The molecule has 3 aliphatic rings. The zero-order valence-electron chi connectivity index (χ0n) is 43.6. The van der Waals surface area contributed by atoms with Gasteiger partial charge in [0.05, 0.1) is 59.8 Å². The Morgan fingerprint density at radius 1 is 0.532 bits per heavy atom. The van der Waals surface area contributed by atoms with Gasteiger partial charge in [-0.3, -0.25) is 19.5 Å². The molecule has 79 heavy (non-hydrogen) atoms. The number of aryl methyl sites for hydroxylation is 1. The van der Waals surface area contributed by atoms with Crippen LogP contribution in [-0.2, 0) is 39.0 Å². The first-order valence-electron chi connectivity index (χ1n) is 25.1. The van der Waals surface area contributed by atoms with E-state index in [1.165, 1.54) is 12.4 Å². The third-order valence-electron chi connectivity index (χ3n) is 13.2. The number of phenols is 1. The molecule has 0 atom stereocenters. The van der Waals surface area contributed by atoms with Crippen molar-refractivity contribution in [2.45, 2.75) is 55.7 Å². The van der Waals surface area contributed by atoms with Gasteiger partial charge >= 0.3 is 0 Å². The van der Waals surface area contributed by atoms with Crippen LogP contribution in [0.5, 0.6) is 11.5 Å². The molecule has 15 nitrogen and oxygen atoms in total. The summed E-state index contributed by atoms with van der Waals surface area (Å²) in [5, 5.41) is 29.4. The Kier molecular flexibility index (Phi) is 19.5. The number of nitrogens with one attached hydrogen (secondary N) is 1. The molecule has 16 heteroatoms. The molecule has 0 saturated heterocycles. The van der Waals surface area contributed by atoms with E-state index in [9.17, 15) is 19.5 Å². The predicted octanol–water partition coefficient (Wildman–Crippen LogP) is 13.3. The van der Waals surface area contributed by atoms with E-state index < -0.39 is 0 Å². The number of aromatic amines is 1. The molecule has 0 radical (unpaired) electrons. The molecule has 0 amide bonds. The summed E-state index contributed by atoms with van der Waals surface area (Å²) in [7, 11) is 3.26. The average molecular weight is 1090 g/mol. The highest BCUT2D eigenvalue weighted by molar-refractivity contribution is 6.28. The zero-order valence-corrected chi connectivity index (χ0v) is 44.3. The monoisotopic (exact) mass is 1080 g/mol. The summed E-state index contributed by atoms with van der Waals surface area (Å²) >= 11 is 4.64. The van der Waals surface area contributed by atoms with Crippen molar-refractivity contribution in [3.8, 4) is 45.3 Å². The standard InChI is InChI=1S/C21H14N2O2.C19H18N2O3.C18H16N2O4.C2H6.CH3Cl.2CH4/c24-21-15-9-5-4-8-14(15)20-18-16(22-23-20)10-11-17(19(18)21)25-12-13-6-2-1-3-7-13;1-12-7-8-15-17-16(12)19(22)14-6-4-3-5-13(14)18(17)20-21(15)11-24-10-9-23-2;1-23-8-9-24-10-20-13-6-7-14(21)16-15(13)17(19-20)11-4-2-3-5-12(11)18(16)22;2*1-2;;/h1-11H,12H2,(H,22,23);3-8H,9-11H2,1-2H3;2-7,21H,8-10H2,1H3;1-2H3;1H3;2*1H4. The van der Waals surface area contributed by atoms with Crippen LogP contribution in [0.1, 0.15) is 87.6 Å². The Morgan fingerprint density at radius 3 is 1.56 bits per heavy atom. The van der Waals surface area contributed by atoms with Crippen molar-refractivity contribution < 1.29 is 43.2 Å². The van der Waals surface area contributed by atoms with Crippen molar-refractivity contribution in [3.63, 3.8) is 0 Å². The van der Waals surface area contributed by atoms with Gasteiger partial charge in [-0.2, -0.15) is 15.3 Å². The van der Waals surface area contributed by atoms with Gasteiger partial charge in [0.15, 0.2) is 17.3 Å². The first-order chi connectivity index (χ1) is 37.8. The maximum absolute atomic E-state index is 13.1. The van der Waals surface area contributed by atoms with Crippen molar-refractivity contribution in [2.75, 3.05) is 47.0 Å². The number of H-pyrrole nitrogens is 1. The van der Waals surface area contributed by atoms with Crippen LogP contribution < -0.4 is 4.74 Å². The Labute approximate surface area is 464 Å². The zero-order chi connectivity index (χ0) is 54.2. The molecule has 3 heterocycles. The number of alkyl halides is 1. The van der Waals surface area contributed by atoms with Crippen molar-refractivity contribution in [1.82, 2.24) is 29.8 Å². The molecule has 0 fully saturated rings. The average Bonchev–Trinajstić information content (AvgIpc) is 4.36. The summed E-state index contributed by atoms with van der Waals surface area (Å²) in [5.41, 5.74) is 13.1. The molecule has 0 saturated carbocycles. The van der Waals surface area contributed by atoms with Crippen molar-refractivity contribution in [2.24, 2.45) is 0 Å². The summed E-state index contributed by atoms with van der Waals surface area (Å²) in [5.74, 6) is 0.446. The number of ketones is 3. The number of phenolic OH excluding ortho intramolecular Hbond substituents is 1. The number of ether oxygens (including phenoxy) is 5. The molecular weight excluding hydrogens is 1020 g/mol. The van der Waals surface area contributed by atoms with Crippen molar-refractivity contribution >= 4 is 61.7 Å². The number of aromatic hydroxyl groups is 1. The van der Waals surface area contributed by atoms with Crippen LogP contribution in [0.15, 0.2) is 140 Å². The van der Waals surface area contributed by atoms with E-state index in [1.807, 2.05) is 147 Å². The van der Waals surface area contributed by atoms with Gasteiger partial charge in [0.2, 0.25) is 0 Å². The maximum Gasteiger partial charge on any atom is 0.198 e. The molecule has 2 N–H and O–H groups in total. The van der Waals surface area contributed by atoms with Gasteiger partial charge in [-0.25, -0.2) is 9.36 Å². The number of hydrogen-bond acceptors (Lipinski definition) is 12. The number of hydrogen-bond donors (Lipinski definition) is 2. The number of fused-ring (bicyclic) bond motifs is 6. The van der Waals surface area contributed by atoms with Crippen LogP contribution in [-0.4, -0.2) is 99.2 Å². The second-order valence-electron chi connectivity index (χ2n) is 17.6. The third kappa shape index (κ3) is 11.1. The summed E-state index contributed by atoms with van der Waals surface area (Å²) < 4.78 is 30.7.